The second-order valence-corrected chi connectivity index (χ2v) is 8.00. The van der Waals surface area contributed by atoms with Crippen LogP contribution in [0.5, 0.6) is 11.5 Å². The molecule has 1 N–H and O–H groups in total. The molecule has 158 valence electrons. The molecule has 0 spiro atoms. The lowest BCUT2D eigenvalue weighted by Crippen LogP contribution is -2.51. The summed E-state index contributed by atoms with van der Waals surface area (Å²) in [6, 6.07) is 10.3. The van der Waals surface area contributed by atoms with Crippen molar-refractivity contribution in [1.29, 1.82) is 0 Å². The van der Waals surface area contributed by atoms with Crippen LogP contribution >= 0.6 is 11.3 Å². The molecule has 1 aromatic carbocycles. The summed E-state index contributed by atoms with van der Waals surface area (Å²) >= 11 is 1.79. The van der Waals surface area contributed by atoms with Crippen molar-refractivity contribution in [3.05, 3.63) is 46.2 Å². The number of benzene rings is 1. The molecular formula is C22H31N3O3S. The highest BCUT2D eigenvalue weighted by Gasteiger charge is 2.21. The fourth-order valence-electron chi connectivity index (χ4n) is 3.41. The lowest BCUT2D eigenvalue weighted by molar-refractivity contribution is 0.136. The number of rotatable bonds is 9. The molecular weight excluding hydrogens is 386 g/mol. The Labute approximate surface area is 177 Å². The van der Waals surface area contributed by atoms with E-state index in [9.17, 15) is 4.79 Å². The molecule has 0 unspecified atom stereocenters. The van der Waals surface area contributed by atoms with Crippen molar-refractivity contribution in [1.82, 2.24) is 15.1 Å². The maximum absolute atomic E-state index is 12.5. The van der Waals surface area contributed by atoms with Crippen molar-refractivity contribution in [3.8, 4) is 11.5 Å². The molecule has 1 aliphatic heterocycles. The summed E-state index contributed by atoms with van der Waals surface area (Å²) in [4.78, 5) is 18.2. The number of nitrogens with zero attached hydrogens (tertiary/aromatic N) is 2. The predicted molar refractivity (Wildman–Crippen MR) is 117 cm³/mol. The molecule has 1 aliphatic rings. The van der Waals surface area contributed by atoms with E-state index in [1.807, 2.05) is 36.9 Å². The molecule has 0 saturated carbocycles. The van der Waals surface area contributed by atoms with Gasteiger partial charge in [0, 0.05) is 44.1 Å². The number of urea groups is 1. The average molecular weight is 418 g/mol. The summed E-state index contributed by atoms with van der Waals surface area (Å²) < 4.78 is 11.3. The van der Waals surface area contributed by atoms with Crippen molar-refractivity contribution in [2.45, 2.75) is 26.8 Å². The first-order valence-electron chi connectivity index (χ1n) is 10.4. The summed E-state index contributed by atoms with van der Waals surface area (Å²) in [6.45, 7) is 10.1. The Morgan fingerprint density at radius 2 is 1.83 bits per heavy atom. The zero-order chi connectivity index (χ0) is 20.5. The minimum atomic E-state index is 0.0248. The van der Waals surface area contributed by atoms with E-state index in [-0.39, 0.29) is 6.03 Å². The third kappa shape index (κ3) is 6.37. The van der Waals surface area contributed by atoms with Crippen LogP contribution in [0.3, 0.4) is 0 Å². The van der Waals surface area contributed by atoms with E-state index in [1.54, 1.807) is 11.3 Å². The summed E-state index contributed by atoms with van der Waals surface area (Å²) in [6.07, 6.45) is 0.760. The molecule has 2 heterocycles. The van der Waals surface area contributed by atoms with Crippen molar-refractivity contribution in [2.24, 2.45) is 0 Å². The van der Waals surface area contributed by atoms with E-state index in [1.165, 1.54) is 4.88 Å². The molecule has 6 nitrogen and oxygen atoms in total. The molecule has 29 heavy (non-hydrogen) atoms. The van der Waals surface area contributed by atoms with Gasteiger partial charge >= 0.3 is 6.03 Å². The fraction of sp³-hybridized carbons (Fsp3) is 0.500. The second-order valence-electron chi connectivity index (χ2n) is 6.97. The standard InChI is InChI=1S/C22H31N3O3S/c1-3-27-20-8-7-18(16-21(20)28-4-2)9-10-23-22(26)25-13-11-24(12-14-25)17-19-6-5-15-29-19/h5-8,15-16H,3-4,9-14,17H2,1-2H3,(H,23,26). The van der Waals surface area contributed by atoms with Crippen LogP contribution in [0.15, 0.2) is 35.7 Å². The Hall–Kier alpha value is -2.25. The molecule has 2 aromatic rings. The molecule has 0 radical (unpaired) electrons. The monoisotopic (exact) mass is 417 g/mol. The van der Waals surface area contributed by atoms with Crippen LogP contribution in [0.25, 0.3) is 0 Å². The normalized spacial score (nSPS) is 14.6. The van der Waals surface area contributed by atoms with Crippen LogP contribution in [0.1, 0.15) is 24.3 Å². The van der Waals surface area contributed by atoms with Crippen LogP contribution in [-0.4, -0.2) is 61.8 Å². The first-order valence-corrected chi connectivity index (χ1v) is 11.2. The van der Waals surface area contributed by atoms with Gasteiger partial charge in [0.15, 0.2) is 11.5 Å². The average Bonchev–Trinajstić information content (AvgIpc) is 3.24. The van der Waals surface area contributed by atoms with Gasteiger partial charge in [0.25, 0.3) is 0 Å². The zero-order valence-electron chi connectivity index (χ0n) is 17.4. The molecule has 1 saturated heterocycles. The van der Waals surface area contributed by atoms with Crippen molar-refractivity contribution < 1.29 is 14.3 Å². The summed E-state index contributed by atoms with van der Waals surface area (Å²) in [5, 5.41) is 5.16. The highest BCUT2D eigenvalue weighted by atomic mass is 32.1. The van der Waals surface area contributed by atoms with Crippen LogP contribution in [0, 0.1) is 0 Å². The van der Waals surface area contributed by atoms with Crippen molar-refractivity contribution in [3.63, 3.8) is 0 Å². The first-order chi connectivity index (χ1) is 14.2. The Bertz CT molecular complexity index is 759. The van der Waals surface area contributed by atoms with Gasteiger partial charge in [-0.2, -0.15) is 0 Å². The van der Waals surface area contributed by atoms with Crippen molar-refractivity contribution in [2.75, 3.05) is 45.9 Å². The number of nitrogens with one attached hydrogen (secondary N) is 1. The van der Waals surface area contributed by atoms with Gasteiger partial charge in [-0.05, 0) is 49.4 Å². The number of amides is 2. The SMILES string of the molecule is CCOc1ccc(CCNC(=O)N2CCN(Cc3cccs3)CC2)cc1OCC. The number of hydrogen-bond acceptors (Lipinski definition) is 5. The van der Waals surface area contributed by atoms with Crippen LogP contribution in [-0.2, 0) is 13.0 Å². The van der Waals surface area contributed by atoms with Gasteiger partial charge in [-0.25, -0.2) is 4.79 Å². The topological polar surface area (TPSA) is 54.0 Å². The minimum absolute atomic E-state index is 0.0248. The number of hydrogen-bond donors (Lipinski definition) is 1. The molecule has 7 heteroatoms. The fourth-order valence-corrected chi connectivity index (χ4v) is 4.15. The molecule has 3 rings (SSSR count). The van der Waals surface area contributed by atoms with E-state index < -0.39 is 0 Å². The van der Waals surface area contributed by atoms with E-state index in [0.717, 1.165) is 56.2 Å². The minimum Gasteiger partial charge on any atom is -0.490 e. The lowest BCUT2D eigenvalue weighted by Gasteiger charge is -2.34. The highest BCUT2D eigenvalue weighted by molar-refractivity contribution is 7.09. The van der Waals surface area contributed by atoms with Gasteiger partial charge in [0.05, 0.1) is 13.2 Å². The van der Waals surface area contributed by atoms with Crippen LogP contribution in [0.2, 0.25) is 0 Å². The molecule has 1 fully saturated rings. The lowest BCUT2D eigenvalue weighted by atomic mass is 10.1. The molecule has 1 aromatic heterocycles. The van der Waals surface area contributed by atoms with Gasteiger partial charge in [0.1, 0.15) is 0 Å². The second kappa shape index (κ2) is 11.1. The number of piperazine rings is 1. The molecule has 0 atom stereocenters. The van der Waals surface area contributed by atoms with E-state index in [4.69, 9.17) is 9.47 Å². The number of carbonyl (C=O) groups excluding carboxylic acids is 1. The zero-order valence-corrected chi connectivity index (χ0v) is 18.2. The van der Waals surface area contributed by atoms with Crippen LogP contribution in [0.4, 0.5) is 4.79 Å². The maximum atomic E-state index is 12.5. The van der Waals surface area contributed by atoms with Gasteiger partial charge in [-0.1, -0.05) is 12.1 Å². The Balaban J connectivity index is 1.41. The van der Waals surface area contributed by atoms with Gasteiger partial charge in [0.2, 0.25) is 0 Å². The molecule has 2 amide bonds. The van der Waals surface area contributed by atoms with Crippen LogP contribution < -0.4 is 14.8 Å². The number of ether oxygens (including phenoxy) is 2. The molecule has 0 aliphatic carbocycles. The maximum Gasteiger partial charge on any atom is 0.317 e. The largest absolute Gasteiger partial charge is 0.490 e. The molecule has 0 bridgehead atoms. The summed E-state index contributed by atoms with van der Waals surface area (Å²) in [7, 11) is 0. The quantitative estimate of drug-likeness (QED) is 0.677. The van der Waals surface area contributed by atoms with E-state index in [0.29, 0.717) is 19.8 Å². The van der Waals surface area contributed by atoms with Crippen molar-refractivity contribution >= 4 is 17.4 Å². The number of carbonyl (C=O) groups is 1. The summed E-state index contributed by atoms with van der Waals surface area (Å²) in [5.41, 5.74) is 1.12. The van der Waals surface area contributed by atoms with E-state index in [2.05, 4.69) is 27.7 Å². The first kappa shape index (κ1) is 21.5. The number of thiophene rings is 1. The smallest absolute Gasteiger partial charge is 0.317 e. The predicted octanol–water partition coefficient (Wildman–Crippen LogP) is 3.62. The van der Waals surface area contributed by atoms with Gasteiger partial charge in [-0.15, -0.1) is 11.3 Å². The highest BCUT2D eigenvalue weighted by Crippen LogP contribution is 2.28. The van der Waals surface area contributed by atoms with Gasteiger partial charge < -0.3 is 19.7 Å². The third-order valence-electron chi connectivity index (χ3n) is 4.92. The van der Waals surface area contributed by atoms with Gasteiger partial charge in [-0.3, -0.25) is 4.90 Å². The Morgan fingerprint density at radius 3 is 2.52 bits per heavy atom. The van der Waals surface area contributed by atoms with E-state index >= 15 is 0 Å². The Kier molecular flexibility index (Phi) is 8.19. The Morgan fingerprint density at radius 1 is 1.07 bits per heavy atom. The third-order valence-corrected chi connectivity index (χ3v) is 5.78. The summed E-state index contributed by atoms with van der Waals surface area (Å²) in [5.74, 6) is 1.53.